The Labute approximate surface area is 175 Å². The van der Waals surface area contributed by atoms with E-state index in [2.05, 4.69) is 26.8 Å². The highest BCUT2D eigenvalue weighted by Gasteiger charge is 2.59. The van der Waals surface area contributed by atoms with Gasteiger partial charge in [0.05, 0.1) is 5.60 Å². The fourth-order valence-electron chi connectivity index (χ4n) is 8.23. The van der Waals surface area contributed by atoms with Crippen LogP contribution in [-0.4, -0.2) is 16.5 Å². The molecule has 0 amide bonds. The van der Waals surface area contributed by atoms with E-state index in [4.69, 9.17) is 2.74 Å². The lowest BCUT2D eigenvalue weighted by Gasteiger charge is -2.59. The number of carbonyl (C=O) groups is 1. The standard InChI is InChI=1S/C26H42O2/c1-17(6-7-18(2)27)21-10-11-22-20-9-8-19-16-24(3,28)14-15-25(19,4)23(20)12-13-26(21,22)5/h8,17,20-23,28H,6-7,9-16H2,1-5H3/t17-,20+,21-,22+,23+,24+,25+,26-/m1/s1/i7D2. The Balaban J connectivity index is 1.56. The molecule has 0 aliphatic heterocycles. The van der Waals surface area contributed by atoms with Gasteiger partial charge >= 0.3 is 0 Å². The van der Waals surface area contributed by atoms with Crippen molar-refractivity contribution in [3.05, 3.63) is 11.6 Å². The lowest BCUT2D eigenvalue weighted by atomic mass is 9.46. The van der Waals surface area contributed by atoms with Crippen LogP contribution in [0.1, 0.15) is 102 Å². The topological polar surface area (TPSA) is 37.3 Å². The average molecular weight is 389 g/mol. The number of fused-ring (bicyclic) bond motifs is 5. The lowest BCUT2D eigenvalue weighted by molar-refractivity contribution is -0.117. The van der Waals surface area contributed by atoms with Gasteiger partial charge < -0.3 is 9.90 Å². The molecule has 28 heavy (non-hydrogen) atoms. The third-order valence-electron chi connectivity index (χ3n) is 9.81. The Bertz CT molecular complexity index is 741. The number of aliphatic hydroxyl groups is 1. The van der Waals surface area contributed by atoms with Gasteiger partial charge in [0.15, 0.2) is 0 Å². The number of hydrogen-bond donors (Lipinski definition) is 1. The van der Waals surface area contributed by atoms with Crippen molar-refractivity contribution < 1.29 is 12.6 Å². The van der Waals surface area contributed by atoms with Crippen LogP contribution in [-0.2, 0) is 4.79 Å². The first-order chi connectivity index (χ1) is 13.8. The van der Waals surface area contributed by atoms with Gasteiger partial charge in [-0.05, 0) is 112 Å². The molecule has 0 heterocycles. The fourth-order valence-corrected chi connectivity index (χ4v) is 8.23. The Hall–Kier alpha value is -0.630. The minimum absolute atomic E-state index is 0.241. The number of hydrogen-bond acceptors (Lipinski definition) is 2. The summed E-state index contributed by atoms with van der Waals surface area (Å²) in [6.45, 7) is 10.5. The van der Waals surface area contributed by atoms with Crippen molar-refractivity contribution in [1.82, 2.24) is 0 Å². The molecule has 0 spiro atoms. The van der Waals surface area contributed by atoms with E-state index in [-0.39, 0.29) is 22.5 Å². The van der Waals surface area contributed by atoms with E-state index in [9.17, 15) is 9.90 Å². The smallest absolute Gasteiger partial charge is 0.129 e. The van der Waals surface area contributed by atoms with Crippen molar-refractivity contribution in [2.24, 2.45) is 40.4 Å². The highest BCUT2D eigenvalue weighted by Crippen LogP contribution is 2.67. The van der Waals surface area contributed by atoms with Gasteiger partial charge in [0, 0.05) is 9.11 Å². The van der Waals surface area contributed by atoms with Crippen LogP contribution in [0.4, 0.5) is 0 Å². The summed E-state index contributed by atoms with van der Waals surface area (Å²) in [5.41, 5.74) is 1.50. The molecule has 0 aromatic rings. The quantitative estimate of drug-likeness (QED) is 0.572. The van der Waals surface area contributed by atoms with E-state index in [1.807, 2.05) is 6.92 Å². The van der Waals surface area contributed by atoms with E-state index in [0.29, 0.717) is 18.3 Å². The van der Waals surface area contributed by atoms with Crippen LogP contribution in [0.15, 0.2) is 11.6 Å². The van der Waals surface area contributed by atoms with E-state index in [0.717, 1.165) is 37.5 Å². The Kier molecular flexibility index (Phi) is 4.52. The van der Waals surface area contributed by atoms with Crippen LogP contribution >= 0.6 is 0 Å². The predicted octanol–water partition coefficient (Wildman–Crippen LogP) is 6.32. The van der Waals surface area contributed by atoms with Crippen molar-refractivity contribution in [3.63, 3.8) is 0 Å². The molecule has 0 bridgehead atoms. The number of rotatable bonds is 4. The van der Waals surface area contributed by atoms with Crippen LogP contribution in [0, 0.1) is 40.4 Å². The maximum Gasteiger partial charge on any atom is 0.129 e. The largest absolute Gasteiger partial charge is 0.390 e. The SMILES string of the molecule is [2H]C([2H])(C[C@@H](C)[C@H]1CC[C@H]2[C@@H]3CC=C4C[C@@](C)(O)CC[C@]4(C)[C@H]3CC[C@]12C)C(C)=O. The summed E-state index contributed by atoms with van der Waals surface area (Å²) < 4.78 is 16.3. The van der Waals surface area contributed by atoms with Gasteiger partial charge in [0.2, 0.25) is 0 Å². The summed E-state index contributed by atoms with van der Waals surface area (Å²) in [5.74, 6) is 2.59. The highest BCUT2D eigenvalue weighted by atomic mass is 16.3. The maximum atomic E-state index is 11.8. The lowest BCUT2D eigenvalue weighted by Crippen LogP contribution is -2.52. The molecular formula is C26H42O2. The van der Waals surface area contributed by atoms with Crippen molar-refractivity contribution in [3.8, 4) is 0 Å². The van der Waals surface area contributed by atoms with Gasteiger partial charge in [0.25, 0.3) is 0 Å². The summed E-state index contributed by atoms with van der Waals surface area (Å²) in [6.07, 6.45) is 10.1. The third kappa shape index (κ3) is 3.22. The maximum absolute atomic E-state index is 11.8. The predicted molar refractivity (Wildman–Crippen MR) is 115 cm³/mol. The summed E-state index contributed by atoms with van der Waals surface area (Å²) >= 11 is 0. The molecule has 4 aliphatic rings. The van der Waals surface area contributed by atoms with Crippen molar-refractivity contribution in [1.29, 1.82) is 0 Å². The van der Waals surface area contributed by atoms with Gasteiger partial charge in [-0.3, -0.25) is 0 Å². The van der Waals surface area contributed by atoms with Crippen molar-refractivity contribution >= 4 is 5.78 Å². The first-order valence-corrected chi connectivity index (χ1v) is 11.7. The second-order valence-electron chi connectivity index (χ2n) is 11.6. The molecule has 3 saturated carbocycles. The number of ketones is 1. The Morgan fingerprint density at radius 2 is 1.96 bits per heavy atom. The Morgan fingerprint density at radius 3 is 2.68 bits per heavy atom. The third-order valence-corrected chi connectivity index (χ3v) is 9.81. The van der Waals surface area contributed by atoms with Crippen LogP contribution < -0.4 is 0 Å². The van der Waals surface area contributed by atoms with Crippen molar-refractivity contribution in [2.75, 3.05) is 0 Å². The molecular weight excluding hydrogens is 344 g/mol. The highest BCUT2D eigenvalue weighted by molar-refractivity contribution is 5.75. The summed E-state index contributed by atoms with van der Waals surface area (Å²) in [5, 5.41) is 10.6. The molecule has 8 atom stereocenters. The van der Waals surface area contributed by atoms with Crippen molar-refractivity contribution in [2.45, 2.75) is 104 Å². The molecule has 0 unspecified atom stereocenters. The molecule has 0 aromatic heterocycles. The normalized spacial score (nSPS) is 50.4. The summed E-state index contributed by atoms with van der Waals surface area (Å²) in [7, 11) is 0. The molecule has 2 heteroatoms. The molecule has 158 valence electrons. The zero-order valence-electron chi connectivity index (χ0n) is 20.7. The number of allylic oxidation sites excluding steroid dienone is 1. The van der Waals surface area contributed by atoms with Gasteiger partial charge in [-0.15, -0.1) is 0 Å². The van der Waals surface area contributed by atoms with E-state index >= 15 is 0 Å². The molecule has 2 nitrogen and oxygen atoms in total. The molecule has 4 rings (SSSR count). The molecule has 1 N–H and O–H groups in total. The minimum atomic E-state index is -1.69. The zero-order valence-corrected chi connectivity index (χ0v) is 18.7. The van der Waals surface area contributed by atoms with Crippen LogP contribution in [0.5, 0.6) is 0 Å². The molecule has 0 aromatic carbocycles. The average Bonchev–Trinajstić information content (AvgIpc) is 2.99. The number of carbonyl (C=O) groups excluding carboxylic acids is 1. The second kappa shape index (κ2) is 6.96. The summed E-state index contributed by atoms with van der Waals surface area (Å²) in [6, 6.07) is 0. The first kappa shape index (κ1) is 18.2. The van der Waals surface area contributed by atoms with Gasteiger partial charge in [-0.1, -0.05) is 32.4 Å². The Morgan fingerprint density at radius 1 is 1.21 bits per heavy atom. The van der Waals surface area contributed by atoms with Gasteiger partial charge in [-0.2, -0.15) is 0 Å². The van der Waals surface area contributed by atoms with Crippen LogP contribution in [0.25, 0.3) is 0 Å². The minimum Gasteiger partial charge on any atom is -0.390 e. The van der Waals surface area contributed by atoms with Gasteiger partial charge in [-0.25, -0.2) is 0 Å². The first-order valence-electron chi connectivity index (χ1n) is 12.7. The van der Waals surface area contributed by atoms with Crippen LogP contribution in [0.2, 0.25) is 0 Å². The number of Topliss-reactive ketones (excluding diaryl/α,β-unsaturated/α-hetero) is 1. The second-order valence-corrected chi connectivity index (χ2v) is 11.6. The molecule has 0 radical (unpaired) electrons. The van der Waals surface area contributed by atoms with Gasteiger partial charge in [0.1, 0.15) is 5.78 Å². The monoisotopic (exact) mass is 388 g/mol. The molecule has 0 saturated heterocycles. The van der Waals surface area contributed by atoms with E-state index in [1.165, 1.54) is 38.2 Å². The van der Waals surface area contributed by atoms with Crippen LogP contribution in [0.3, 0.4) is 0 Å². The zero-order chi connectivity index (χ0) is 22.1. The molecule has 3 fully saturated rings. The molecule has 4 aliphatic carbocycles. The summed E-state index contributed by atoms with van der Waals surface area (Å²) in [4.78, 5) is 11.8. The fraction of sp³-hybridized carbons (Fsp3) is 0.885. The van der Waals surface area contributed by atoms with E-state index < -0.39 is 12.0 Å². The van der Waals surface area contributed by atoms with E-state index in [1.54, 1.807) is 0 Å².